The van der Waals surface area contributed by atoms with Crippen LogP contribution in [0.3, 0.4) is 0 Å². The van der Waals surface area contributed by atoms with Gasteiger partial charge in [0.1, 0.15) is 11.3 Å². The number of ether oxygens (including phenoxy) is 1. The van der Waals surface area contributed by atoms with E-state index in [1.807, 2.05) is 18.2 Å². The molecule has 9 heteroatoms. The van der Waals surface area contributed by atoms with E-state index in [0.717, 1.165) is 5.56 Å². The number of nitrogens with zero attached hydrogens (tertiary/aromatic N) is 2. The Morgan fingerprint density at radius 3 is 2.72 bits per heavy atom. The van der Waals surface area contributed by atoms with Crippen LogP contribution < -0.4 is 11.3 Å². The minimum Gasteiger partial charge on any atom is -0.466 e. The van der Waals surface area contributed by atoms with Crippen LogP contribution >= 0.6 is 12.2 Å². The summed E-state index contributed by atoms with van der Waals surface area (Å²) in [6, 6.07) is 10.9. The van der Waals surface area contributed by atoms with Crippen molar-refractivity contribution in [3.8, 4) is 11.3 Å². The Kier molecular flexibility index (Phi) is 4.98. The van der Waals surface area contributed by atoms with Crippen molar-refractivity contribution in [2.45, 2.75) is 26.3 Å². The lowest BCUT2D eigenvalue weighted by Gasteiger charge is -2.08. The molecule has 0 radical (unpaired) electrons. The van der Waals surface area contributed by atoms with E-state index >= 15 is 0 Å². The van der Waals surface area contributed by atoms with Crippen LogP contribution in [0.25, 0.3) is 27.9 Å². The summed E-state index contributed by atoms with van der Waals surface area (Å²) in [5.41, 5.74) is 8.70. The van der Waals surface area contributed by atoms with Gasteiger partial charge in [-0.15, -0.1) is 0 Å². The predicted molar refractivity (Wildman–Crippen MR) is 112 cm³/mol. The van der Waals surface area contributed by atoms with Crippen LogP contribution in [0.1, 0.15) is 19.8 Å². The lowest BCUT2D eigenvalue weighted by atomic mass is 10.1. The van der Waals surface area contributed by atoms with Crippen molar-refractivity contribution in [3.05, 3.63) is 51.5 Å². The number of aryl methyl sites for hydroxylation is 1. The number of rotatable bonds is 6. The van der Waals surface area contributed by atoms with E-state index in [1.165, 1.54) is 0 Å². The second-order valence-corrected chi connectivity index (χ2v) is 7.00. The summed E-state index contributed by atoms with van der Waals surface area (Å²) >= 11 is 5.59. The van der Waals surface area contributed by atoms with Crippen molar-refractivity contribution in [3.63, 3.8) is 0 Å². The molecule has 0 fully saturated rings. The highest BCUT2D eigenvalue weighted by atomic mass is 32.1. The molecule has 150 valence electrons. The number of nitrogen functional groups attached to an aromatic ring is 1. The molecule has 3 aromatic heterocycles. The maximum Gasteiger partial charge on any atom is 0.305 e. The fourth-order valence-electron chi connectivity index (χ4n) is 3.27. The van der Waals surface area contributed by atoms with Crippen LogP contribution in [-0.4, -0.2) is 26.8 Å². The average Bonchev–Trinajstić information content (AvgIpc) is 3.25. The zero-order chi connectivity index (χ0) is 20.5. The Morgan fingerprint density at radius 1 is 1.24 bits per heavy atom. The van der Waals surface area contributed by atoms with Gasteiger partial charge in [0.2, 0.25) is 0 Å². The first kappa shape index (κ1) is 19.0. The number of carbonyl (C=O) groups is 1. The summed E-state index contributed by atoms with van der Waals surface area (Å²) in [6.07, 6.45) is 0.755. The number of hydrogen-bond donors (Lipinski definition) is 2. The van der Waals surface area contributed by atoms with E-state index in [9.17, 15) is 9.59 Å². The number of aromatic nitrogens is 3. The van der Waals surface area contributed by atoms with Crippen LogP contribution in [0.4, 0.5) is 5.69 Å². The van der Waals surface area contributed by atoms with Gasteiger partial charge in [-0.2, -0.15) is 0 Å². The zero-order valence-electron chi connectivity index (χ0n) is 15.8. The van der Waals surface area contributed by atoms with Crippen molar-refractivity contribution in [1.82, 2.24) is 14.2 Å². The van der Waals surface area contributed by atoms with Gasteiger partial charge in [0, 0.05) is 36.3 Å². The lowest BCUT2D eigenvalue weighted by molar-refractivity contribution is -0.143. The minimum absolute atomic E-state index is 0.254. The Balaban J connectivity index is 1.72. The highest BCUT2D eigenvalue weighted by Crippen LogP contribution is 2.30. The number of anilines is 1. The summed E-state index contributed by atoms with van der Waals surface area (Å²) in [7, 11) is 0. The molecule has 0 amide bonds. The maximum absolute atomic E-state index is 12.5. The van der Waals surface area contributed by atoms with Crippen molar-refractivity contribution >= 4 is 40.5 Å². The molecule has 4 aromatic rings. The molecule has 0 aliphatic carbocycles. The molecule has 0 saturated heterocycles. The SMILES string of the molecule is CCOC(=O)CCCn1[nH]c(=O)c2cc3oc(-c4ccc(N)cc4)cc3n2c1=S. The number of aromatic amines is 1. The molecular weight excluding hydrogens is 392 g/mol. The van der Waals surface area contributed by atoms with Gasteiger partial charge in [-0.3, -0.25) is 23.8 Å². The standard InChI is InChI=1S/C20H20N4O4S/c1-2-27-18(25)4-3-9-23-20(29)24-14-10-16(12-5-7-13(21)8-6-12)28-17(14)11-15(24)19(26)22-23/h5-8,10-11H,2-4,9,21H2,1H3,(H,22,26). The fraction of sp³-hybridized carbons (Fsp3) is 0.250. The van der Waals surface area contributed by atoms with E-state index in [4.69, 9.17) is 27.1 Å². The number of hydrogen-bond acceptors (Lipinski definition) is 6. The number of furan rings is 1. The fourth-order valence-corrected chi connectivity index (χ4v) is 3.60. The van der Waals surface area contributed by atoms with Crippen molar-refractivity contribution in [1.29, 1.82) is 0 Å². The largest absolute Gasteiger partial charge is 0.466 e. The summed E-state index contributed by atoms with van der Waals surface area (Å²) in [4.78, 5) is 24.1. The summed E-state index contributed by atoms with van der Waals surface area (Å²) < 4.78 is 14.5. The van der Waals surface area contributed by atoms with E-state index in [1.54, 1.807) is 34.2 Å². The summed E-state index contributed by atoms with van der Waals surface area (Å²) in [5, 5.41) is 2.76. The molecule has 3 heterocycles. The van der Waals surface area contributed by atoms with Crippen LogP contribution in [0, 0.1) is 4.77 Å². The quantitative estimate of drug-likeness (QED) is 0.285. The minimum atomic E-state index is -0.282. The number of nitrogens with two attached hydrogens (primary N) is 1. The zero-order valence-corrected chi connectivity index (χ0v) is 16.6. The third-order valence-corrected chi connectivity index (χ3v) is 5.05. The van der Waals surface area contributed by atoms with E-state index in [2.05, 4.69) is 5.10 Å². The number of benzene rings is 1. The molecule has 8 nitrogen and oxygen atoms in total. The van der Waals surface area contributed by atoms with Crippen LogP contribution in [0.2, 0.25) is 0 Å². The van der Waals surface area contributed by atoms with Crippen LogP contribution in [-0.2, 0) is 16.1 Å². The molecule has 0 aliphatic rings. The van der Waals surface area contributed by atoms with Gasteiger partial charge in [-0.1, -0.05) is 0 Å². The molecule has 0 saturated carbocycles. The van der Waals surface area contributed by atoms with E-state index in [0.29, 0.717) is 52.4 Å². The van der Waals surface area contributed by atoms with Gasteiger partial charge in [0.05, 0.1) is 12.1 Å². The number of carbonyl (C=O) groups excluding carboxylic acids is 1. The first-order chi connectivity index (χ1) is 14.0. The highest BCUT2D eigenvalue weighted by Gasteiger charge is 2.15. The molecular formula is C20H20N4O4S. The van der Waals surface area contributed by atoms with Crippen LogP contribution in [0.15, 0.2) is 45.6 Å². The van der Waals surface area contributed by atoms with Crippen molar-refractivity contribution in [2.75, 3.05) is 12.3 Å². The maximum atomic E-state index is 12.5. The number of fused-ring (bicyclic) bond motifs is 3. The number of esters is 1. The van der Waals surface area contributed by atoms with Gasteiger partial charge < -0.3 is 14.9 Å². The van der Waals surface area contributed by atoms with Gasteiger partial charge in [-0.05, 0) is 49.8 Å². The molecule has 0 bridgehead atoms. The van der Waals surface area contributed by atoms with Crippen molar-refractivity contribution in [2.24, 2.45) is 0 Å². The Hall–Kier alpha value is -3.33. The predicted octanol–water partition coefficient (Wildman–Crippen LogP) is 3.50. The average molecular weight is 412 g/mol. The second kappa shape index (κ2) is 7.59. The third kappa shape index (κ3) is 3.56. The van der Waals surface area contributed by atoms with E-state index < -0.39 is 0 Å². The molecule has 0 spiro atoms. The number of H-pyrrole nitrogens is 1. The molecule has 29 heavy (non-hydrogen) atoms. The smallest absolute Gasteiger partial charge is 0.305 e. The Labute approximate surface area is 170 Å². The van der Waals surface area contributed by atoms with Crippen LogP contribution in [0.5, 0.6) is 0 Å². The normalized spacial score (nSPS) is 11.3. The molecule has 1 aromatic carbocycles. The molecule has 3 N–H and O–H groups in total. The lowest BCUT2D eigenvalue weighted by Crippen LogP contribution is -2.21. The molecule has 0 atom stereocenters. The summed E-state index contributed by atoms with van der Waals surface area (Å²) in [5.74, 6) is 0.390. The topological polar surface area (TPSA) is 108 Å². The molecule has 4 rings (SSSR count). The van der Waals surface area contributed by atoms with Gasteiger partial charge in [0.25, 0.3) is 5.56 Å². The Bertz CT molecular complexity index is 1310. The molecule has 0 unspecified atom stereocenters. The highest BCUT2D eigenvalue weighted by molar-refractivity contribution is 7.71. The first-order valence-corrected chi connectivity index (χ1v) is 9.68. The molecule has 0 aliphatic heterocycles. The van der Waals surface area contributed by atoms with Crippen molar-refractivity contribution < 1.29 is 13.9 Å². The Morgan fingerprint density at radius 2 is 2.00 bits per heavy atom. The van der Waals surface area contributed by atoms with Gasteiger partial charge in [-0.25, -0.2) is 0 Å². The van der Waals surface area contributed by atoms with Gasteiger partial charge in [0.15, 0.2) is 10.4 Å². The summed E-state index contributed by atoms with van der Waals surface area (Å²) in [6.45, 7) is 2.50. The second-order valence-electron chi connectivity index (χ2n) is 6.63. The van der Waals surface area contributed by atoms with Gasteiger partial charge >= 0.3 is 5.97 Å². The first-order valence-electron chi connectivity index (χ1n) is 9.27. The monoisotopic (exact) mass is 412 g/mol. The third-order valence-electron chi connectivity index (χ3n) is 4.64. The number of nitrogens with one attached hydrogen (secondary N) is 1. The van der Waals surface area contributed by atoms with E-state index in [-0.39, 0.29) is 17.9 Å².